The Hall–Kier alpha value is -3.15. The molecule has 0 saturated heterocycles. The number of benzene rings is 2. The number of rotatable bonds is 4. The highest BCUT2D eigenvalue weighted by molar-refractivity contribution is 7.90. The maximum absolute atomic E-state index is 13.4. The summed E-state index contributed by atoms with van der Waals surface area (Å²) in [6.07, 6.45) is 3.56. The molecule has 1 aromatic heterocycles. The number of aliphatic hydroxyl groups is 1. The molecule has 1 aliphatic heterocycles. The molecule has 2 N–H and O–H groups in total. The molecule has 1 saturated carbocycles. The molecule has 214 valence electrons. The topological polar surface area (TPSA) is 98.4 Å². The van der Waals surface area contributed by atoms with Gasteiger partial charge < -0.3 is 19.3 Å². The van der Waals surface area contributed by atoms with Crippen molar-refractivity contribution in [1.82, 2.24) is 9.55 Å². The van der Waals surface area contributed by atoms with E-state index in [0.717, 1.165) is 53.2 Å². The van der Waals surface area contributed by atoms with Crippen molar-refractivity contribution in [3.05, 3.63) is 77.5 Å². The summed E-state index contributed by atoms with van der Waals surface area (Å²) in [5.41, 5.74) is 3.62. The van der Waals surface area contributed by atoms with Gasteiger partial charge in [-0.2, -0.15) is 13.2 Å². The first kappa shape index (κ1) is 29.8. The third-order valence-electron chi connectivity index (χ3n) is 7.92. The molecule has 3 aromatic rings. The number of nitrogens with zero attached hydrogens (tertiary/aromatic N) is 2. The van der Waals surface area contributed by atoms with Crippen LogP contribution in [-0.4, -0.2) is 42.7 Å². The van der Waals surface area contributed by atoms with Crippen molar-refractivity contribution in [2.24, 2.45) is 11.3 Å². The van der Waals surface area contributed by atoms with Gasteiger partial charge in [0.1, 0.15) is 12.1 Å². The average molecular weight is 579 g/mol. The van der Waals surface area contributed by atoms with Gasteiger partial charge in [-0.15, -0.1) is 0 Å². The summed E-state index contributed by atoms with van der Waals surface area (Å²) >= 11 is -1.10. The number of fused-ring (bicyclic) bond motifs is 2. The minimum Gasteiger partial charge on any atom is -0.612 e. The van der Waals surface area contributed by atoms with Crippen molar-refractivity contribution in [2.45, 2.75) is 56.3 Å². The molecular formula is C29H30F4N2O4S. The fourth-order valence-corrected chi connectivity index (χ4v) is 6.45. The van der Waals surface area contributed by atoms with Crippen LogP contribution in [0.25, 0.3) is 17.3 Å². The summed E-state index contributed by atoms with van der Waals surface area (Å²) in [7, 11) is 0. The monoisotopic (exact) mass is 578 g/mol. The zero-order chi connectivity index (χ0) is 29.5. The highest BCUT2D eigenvalue weighted by Crippen LogP contribution is 2.55. The number of halogens is 4. The molecule has 2 heterocycles. The second-order valence-corrected chi connectivity index (χ2v) is 12.0. The van der Waals surface area contributed by atoms with Gasteiger partial charge >= 0.3 is 12.1 Å². The number of carboxylic acids is 1. The predicted octanol–water partition coefficient (Wildman–Crippen LogP) is 6.17. The third-order valence-corrected chi connectivity index (χ3v) is 8.84. The molecule has 5 rings (SSSR count). The van der Waals surface area contributed by atoms with Gasteiger partial charge in [0.25, 0.3) is 0 Å². The lowest BCUT2D eigenvalue weighted by Crippen LogP contribution is -2.48. The molecule has 0 bridgehead atoms. The number of carboxylic acid groups (broad SMARTS) is 1. The van der Waals surface area contributed by atoms with Crippen molar-refractivity contribution in [3.63, 3.8) is 0 Å². The van der Waals surface area contributed by atoms with Crippen LogP contribution in [0.2, 0.25) is 0 Å². The Labute approximate surface area is 232 Å². The number of hydrogen-bond donors (Lipinski definition) is 2. The molecule has 11 heteroatoms. The zero-order valence-electron chi connectivity index (χ0n) is 22.2. The van der Waals surface area contributed by atoms with Gasteiger partial charge in [-0.3, -0.25) is 0 Å². The molecule has 2 aliphatic rings. The molecule has 40 heavy (non-hydrogen) atoms. The molecule has 0 spiro atoms. The Morgan fingerprint density at radius 1 is 1.20 bits per heavy atom. The number of imidazole rings is 1. The van der Waals surface area contributed by atoms with Gasteiger partial charge in [0.15, 0.2) is 4.90 Å². The Morgan fingerprint density at radius 3 is 2.45 bits per heavy atom. The SMILES string of the molecule is C[S+]([O-])c1cccc([C@@](C)(O)[C@H]2CCCC3=Cc4c(-c5ccc(F)cc5)ncn4C[C@@]32C)c1.O=C(O)C(F)(F)F. The van der Waals surface area contributed by atoms with Gasteiger partial charge in [0.05, 0.1) is 23.3 Å². The molecule has 6 nitrogen and oxygen atoms in total. The third kappa shape index (κ3) is 5.82. The first-order valence-corrected chi connectivity index (χ1v) is 14.2. The van der Waals surface area contributed by atoms with Gasteiger partial charge in [0, 0.05) is 23.4 Å². The number of hydrogen-bond acceptors (Lipinski definition) is 4. The molecule has 0 amide bonds. The molecule has 4 atom stereocenters. The van der Waals surface area contributed by atoms with Crippen molar-refractivity contribution in [1.29, 1.82) is 0 Å². The summed E-state index contributed by atoms with van der Waals surface area (Å²) in [4.78, 5) is 14.3. The van der Waals surface area contributed by atoms with Crippen LogP contribution < -0.4 is 0 Å². The molecule has 1 unspecified atom stereocenters. The normalized spacial score (nSPS) is 22.5. The maximum Gasteiger partial charge on any atom is 0.490 e. The Morgan fingerprint density at radius 2 is 1.85 bits per heavy atom. The van der Waals surface area contributed by atoms with E-state index < -0.39 is 28.9 Å². The molecular weight excluding hydrogens is 548 g/mol. The number of allylic oxidation sites excluding steroid dienone is 1. The fourth-order valence-electron chi connectivity index (χ4n) is 5.88. The fraction of sp³-hybridized carbons (Fsp3) is 0.379. The lowest BCUT2D eigenvalue weighted by Gasteiger charge is -2.51. The molecule has 2 aromatic carbocycles. The van der Waals surface area contributed by atoms with Crippen molar-refractivity contribution in [2.75, 3.05) is 6.26 Å². The molecule has 1 fully saturated rings. The standard InChI is InChI=1S/C27H29FN2O2S.C2HF3O2/c1-26-16-30-17-29-25(18-10-12-21(28)13-11-18)23(30)15-19(26)6-5-9-24(26)27(2,31)20-7-4-8-22(14-20)33(3)32;3-2(4,5)1(6)7/h4,7-8,10-15,17,24,31H,5-6,9,16H2,1-3H3;(H,6,7)/t24-,26-,27+,33?;/m0./s1. The second kappa shape index (κ2) is 11.0. The summed E-state index contributed by atoms with van der Waals surface area (Å²) in [6, 6.07) is 14.0. The quantitative estimate of drug-likeness (QED) is 0.285. The van der Waals surface area contributed by atoms with Gasteiger partial charge in [-0.05, 0) is 85.4 Å². The summed E-state index contributed by atoms with van der Waals surface area (Å²) in [6.45, 7) is 4.87. The predicted molar refractivity (Wildman–Crippen MR) is 143 cm³/mol. The van der Waals surface area contributed by atoms with E-state index in [1.807, 2.05) is 37.5 Å². The van der Waals surface area contributed by atoms with E-state index in [9.17, 15) is 27.2 Å². The lowest BCUT2D eigenvalue weighted by molar-refractivity contribution is -0.192. The summed E-state index contributed by atoms with van der Waals surface area (Å²) in [5, 5.41) is 19.0. The van der Waals surface area contributed by atoms with Gasteiger partial charge in [-0.25, -0.2) is 14.2 Å². The van der Waals surface area contributed by atoms with E-state index in [1.54, 1.807) is 18.4 Å². The van der Waals surface area contributed by atoms with Crippen molar-refractivity contribution >= 4 is 23.2 Å². The van der Waals surface area contributed by atoms with E-state index in [0.29, 0.717) is 0 Å². The number of alkyl halides is 3. The second-order valence-electron chi connectivity index (χ2n) is 10.6. The largest absolute Gasteiger partial charge is 0.612 e. The van der Waals surface area contributed by atoms with E-state index in [-0.39, 0.29) is 17.2 Å². The smallest absolute Gasteiger partial charge is 0.490 e. The van der Waals surface area contributed by atoms with Crippen LogP contribution in [-0.2, 0) is 28.1 Å². The minimum atomic E-state index is -5.08. The van der Waals surface area contributed by atoms with Crippen LogP contribution in [0.4, 0.5) is 17.6 Å². The maximum atomic E-state index is 13.4. The highest BCUT2D eigenvalue weighted by Gasteiger charge is 2.51. The minimum absolute atomic E-state index is 0.00429. The van der Waals surface area contributed by atoms with Crippen LogP contribution in [0, 0.1) is 17.2 Å². The molecule has 1 aliphatic carbocycles. The summed E-state index contributed by atoms with van der Waals surface area (Å²) in [5.74, 6) is -3.02. The Kier molecular flexibility index (Phi) is 8.22. The van der Waals surface area contributed by atoms with E-state index in [1.165, 1.54) is 17.7 Å². The van der Waals surface area contributed by atoms with E-state index >= 15 is 0 Å². The van der Waals surface area contributed by atoms with E-state index in [4.69, 9.17) is 9.90 Å². The first-order chi connectivity index (χ1) is 18.6. The number of carbonyl (C=O) groups is 1. The number of aliphatic carboxylic acids is 1. The van der Waals surface area contributed by atoms with Crippen LogP contribution in [0.3, 0.4) is 0 Å². The average Bonchev–Trinajstić information content (AvgIpc) is 3.28. The van der Waals surface area contributed by atoms with Crippen LogP contribution in [0.1, 0.15) is 44.4 Å². The Bertz CT molecular complexity index is 1420. The van der Waals surface area contributed by atoms with Crippen molar-refractivity contribution < 1.29 is 37.1 Å². The molecule has 0 radical (unpaired) electrons. The number of aromatic nitrogens is 2. The Balaban J connectivity index is 0.000000470. The van der Waals surface area contributed by atoms with E-state index in [2.05, 4.69) is 22.6 Å². The first-order valence-electron chi connectivity index (χ1n) is 12.6. The van der Waals surface area contributed by atoms with Gasteiger partial charge in [0.2, 0.25) is 0 Å². The van der Waals surface area contributed by atoms with Crippen molar-refractivity contribution in [3.8, 4) is 11.3 Å². The van der Waals surface area contributed by atoms with Crippen LogP contribution >= 0.6 is 0 Å². The highest BCUT2D eigenvalue weighted by atomic mass is 32.2. The zero-order valence-corrected chi connectivity index (χ0v) is 23.0. The van der Waals surface area contributed by atoms with Gasteiger partial charge in [-0.1, -0.05) is 24.6 Å². The van der Waals surface area contributed by atoms with Crippen LogP contribution in [0.5, 0.6) is 0 Å². The lowest BCUT2D eigenvalue weighted by atomic mass is 9.57. The summed E-state index contributed by atoms with van der Waals surface area (Å²) < 4.78 is 59.4. The van der Waals surface area contributed by atoms with Crippen LogP contribution in [0.15, 0.2) is 65.3 Å².